The van der Waals surface area contributed by atoms with E-state index in [1.807, 2.05) is 56.3 Å². The Hall–Kier alpha value is -2.93. The molecule has 0 fully saturated rings. The van der Waals surface area contributed by atoms with Gasteiger partial charge in [0.1, 0.15) is 0 Å². The van der Waals surface area contributed by atoms with E-state index >= 15 is 0 Å². The molecule has 0 aliphatic carbocycles. The zero-order chi connectivity index (χ0) is 21.2. The lowest BCUT2D eigenvalue weighted by molar-refractivity contribution is -0.149. The van der Waals surface area contributed by atoms with E-state index in [1.165, 1.54) is 18.0 Å². The molecule has 0 radical (unpaired) electrons. The molecule has 0 saturated heterocycles. The lowest BCUT2D eigenvalue weighted by atomic mass is 10.2. The normalized spacial score (nSPS) is 10.7. The minimum atomic E-state index is -0.600. The van der Waals surface area contributed by atoms with Gasteiger partial charge in [0.05, 0.1) is 6.54 Å². The predicted octanol–water partition coefficient (Wildman–Crippen LogP) is 3.30. The molecule has 0 unspecified atom stereocenters. The highest BCUT2D eigenvalue weighted by Crippen LogP contribution is 2.28. The van der Waals surface area contributed by atoms with Crippen molar-refractivity contribution < 1.29 is 19.1 Å². The first-order chi connectivity index (χ1) is 13.9. The van der Waals surface area contributed by atoms with Crippen LogP contribution in [0.3, 0.4) is 0 Å². The number of carbonyl (C=O) groups is 3. The van der Waals surface area contributed by atoms with Crippen LogP contribution in [0.2, 0.25) is 0 Å². The molecule has 7 heteroatoms. The molecule has 0 saturated carbocycles. The van der Waals surface area contributed by atoms with Gasteiger partial charge in [0.2, 0.25) is 5.91 Å². The molecule has 2 aromatic rings. The van der Waals surface area contributed by atoms with Crippen LogP contribution >= 0.6 is 11.3 Å². The number of ether oxygens (including phenoxy) is 1. The summed E-state index contributed by atoms with van der Waals surface area (Å²) in [7, 11) is 1.52. The lowest BCUT2D eigenvalue weighted by Crippen LogP contribution is -2.42. The van der Waals surface area contributed by atoms with Gasteiger partial charge >= 0.3 is 5.97 Å². The lowest BCUT2D eigenvalue weighted by Gasteiger charge is -2.23. The second-order valence-corrected chi connectivity index (χ2v) is 7.44. The average Bonchev–Trinajstić information content (AvgIpc) is 3.21. The van der Waals surface area contributed by atoms with Crippen LogP contribution in [0.5, 0.6) is 0 Å². The van der Waals surface area contributed by atoms with Crippen molar-refractivity contribution in [3.05, 3.63) is 53.4 Å². The van der Waals surface area contributed by atoms with Crippen molar-refractivity contribution in [3.63, 3.8) is 0 Å². The largest absolute Gasteiger partial charge is 0.452 e. The Bertz CT molecular complexity index is 857. The Morgan fingerprint density at radius 2 is 1.69 bits per heavy atom. The van der Waals surface area contributed by atoms with Crippen molar-refractivity contribution in [3.8, 4) is 10.4 Å². The molecule has 0 aliphatic rings. The average molecular weight is 415 g/mol. The fraction of sp³-hybridized carbons (Fsp3) is 0.318. The van der Waals surface area contributed by atoms with E-state index in [9.17, 15) is 14.4 Å². The second kappa shape index (κ2) is 11.2. The number of carbonyl (C=O) groups excluding carboxylic acids is 3. The SMILES string of the molecule is CCN(CC)C(=O)CN(C)C(=O)COC(=O)/C=C/c1ccc(-c2ccccc2)s1. The summed E-state index contributed by atoms with van der Waals surface area (Å²) >= 11 is 1.56. The summed E-state index contributed by atoms with van der Waals surface area (Å²) < 4.78 is 5.00. The summed E-state index contributed by atoms with van der Waals surface area (Å²) in [6.07, 6.45) is 2.96. The highest BCUT2D eigenvalue weighted by Gasteiger charge is 2.17. The number of rotatable bonds is 9. The van der Waals surface area contributed by atoms with E-state index in [-0.39, 0.29) is 12.5 Å². The topological polar surface area (TPSA) is 66.9 Å². The summed E-state index contributed by atoms with van der Waals surface area (Å²) in [5, 5.41) is 0. The van der Waals surface area contributed by atoms with E-state index < -0.39 is 18.5 Å². The van der Waals surface area contributed by atoms with Gasteiger partial charge in [-0.05, 0) is 37.6 Å². The van der Waals surface area contributed by atoms with Gasteiger partial charge in [-0.15, -0.1) is 11.3 Å². The zero-order valence-corrected chi connectivity index (χ0v) is 17.8. The Balaban J connectivity index is 1.81. The molecule has 154 valence electrons. The van der Waals surface area contributed by atoms with Crippen molar-refractivity contribution in [2.45, 2.75) is 13.8 Å². The molecule has 1 aromatic heterocycles. The number of thiophene rings is 1. The molecule has 0 bridgehead atoms. The predicted molar refractivity (Wildman–Crippen MR) is 115 cm³/mol. The summed E-state index contributed by atoms with van der Waals surface area (Å²) in [4.78, 5) is 40.9. The van der Waals surface area contributed by atoms with E-state index in [1.54, 1.807) is 22.3 Å². The van der Waals surface area contributed by atoms with Crippen molar-refractivity contribution in [2.24, 2.45) is 0 Å². The minimum Gasteiger partial charge on any atom is -0.452 e. The highest BCUT2D eigenvalue weighted by atomic mass is 32.1. The fourth-order valence-corrected chi connectivity index (χ4v) is 3.52. The van der Waals surface area contributed by atoms with Crippen LogP contribution in [0.15, 0.2) is 48.5 Å². The molecule has 0 atom stereocenters. The zero-order valence-electron chi connectivity index (χ0n) is 17.0. The van der Waals surface area contributed by atoms with E-state index in [4.69, 9.17) is 4.74 Å². The maximum Gasteiger partial charge on any atom is 0.331 e. The van der Waals surface area contributed by atoms with Crippen molar-refractivity contribution >= 4 is 35.2 Å². The van der Waals surface area contributed by atoms with Gasteiger partial charge in [-0.2, -0.15) is 0 Å². The Morgan fingerprint density at radius 1 is 1.00 bits per heavy atom. The second-order valence-electron chi connectivity index (χ2n) is 6.32. The van der Waals surface area contributed by atoms with Gasteiger partial charge in [-0.25, -0.2) is 4.79 Å². The Morgan fingerprint density at radius 3 is 2.34 bits per heavy atom. The summed E-state index contributed by atoms with van der Waals surface area (Å²) in [5.41, 5.74) is 1.12. The van der Waals surface area contributed by atoms with Gasteiger partial charge in [-0.3, -0.25) is 9.59 Å². The summed E-state index contributed by atoms with van der Waals surface area (Å²) in [6, 6.07) is 13.9. The van der Waals surface area contributed by atoms with Gasteiger partial charge < -0.3 is 14.5 Å². The van der Waals surface area contributed by atoms with Crippen LogP contribution in [0.4, 0.5) is 0 Å². The molecule has 0 N–H and O–H groups in total. The number of esters is 1. The molecular weight excluding hydrogens is 388 g/mol. The maximum absolute atomic E-state index is 12.1. The highest BCUT2D eigenvalue weighted by molar-refractivity contribution is 7.16. The summed E-state index contributed by atoms with van der Waals surface area (Å²) in [6.45, 7) is 4.51. The summed E-state index contributed by atoms with van der Waals surface area (Å²) in [5.74, 6) is -1.16. The van der Waals surface area contributed by atoms with E-state index in [0.717, 1.165) is 15.3 Å². The number of hydrogen-bond donors (Lipinski definition) is 0. The van der Waals surface area contributed by atoms with Crippen LogP contribution in [0, 0.1) is 0 Å². The number of benzene rings is 1. The third-order valence-electron chi connectivity index (χ3n) is 4.32. The molecular formula is C22H26N2O4S. The van der Waals surface area contributed by atoms with Crippen LogP contribution in [0.25, 0.3) is 16.5 Å². The molecule has 2 amide bonds. The first-order valence-corrected chi connectivity index (χ1v) is 10.3. The molecule has 2 rings (SSSR count). The molecule has 0 aliphatic heterocycles. The molecule has 6 nitrogen and oxygen atoms in total. The molecule has 1 heterocycles. The smallest absolute Gasteiger partial charge is 0.331 e. The van der Waals surface area contributed by atoms with E-state index in [0.29, 0.717) is 13.1 Å². The standard InChI is InChI=1S/C22H26N2O4S/c1-4-24(5-2)20(25)15-23(3)21(26)16-28-22(27)14-12-18-11-13-19(29-18)17-9-7-6-8-10-17/h6-14H,4-5,15-16H2,1-3H3/b14-12+. The van der Waals surface area contributed by atoms with E-state index in [2.05, 4.69) is 0 Å². The van der Waals surface area contributed by atoms with Gasteiger partial charge in [0, 0.05) is 36.0 Å². The number of nitrogens with zero attached hydrogens (tertiary/aromatic N) is 2. The molecule has 0 spiro atoms. The molecule has 29 heavy (non-hydrogen) atoms. The van der Waals surface area contributed by atoms with Gasteiger partial charge in [0.25, 0.3) is 5.91 Å². The third-order valence-corrected chi connectivity index (χ3v) is 5.42. The fourth-order valence-electron chi connectivity index (χ4n) is 2.61. The Labute approximate surface area is 175 Å². The van der Waals surface area contributed by atoms with Crippen molar-refractivity contribution in [1.82, 2.24) is 9.80 Å². The van der Waals surface area contributed by atoms with Crippen LogP contribution < -0.4 is 0 Å². The first-order valence-electron chi connectivity index (χ1n) is 9.46. The monoisotopic (exact) mass is 414 g/mol. The minimum absolute atomic E-state index is 0.0363. The number of likely N-dealkylation sites (N-methyl/N-ethyl adjacent to an activating group) is 2. The number of hydrogen-bond acceptors (Lipinski definition) is 5. The molecule has 1 aromatic carbocycles. The maximum atomic E-state index is 12.1. The van der Waals surface area contributed by atoms with Crippen molar-refractivity contribution in [2.75, 3.05) is 33.3 Å². The van der Waals surface area contributed by atoms with Crippen LogP contribution in [-0.4, -0.2) is 60.9 Å². The number of amides is 2. The van der Waals surface area contributed by atoms with Crippen molar-refractivity contribution in [1.29, 1.82) is 0 Å². The van der Waals surface area contributed by atoms with Gasteiger partial charge in [-0.1, -0.05) is 30.3 Å². The van der Waals surface area contributed by atoms with Crippen LogP contribution in [-0.2, 0) is 19.1 Å². The first kappa shape index (κ1) is 22.4. The van der Waals surface area contributed by atoms with Crippen LogP contribution in [0.1, 0.15) is 18.7 Å². The quantitative estimate of drug-likeness (QED) is 0.466. The Kier molecular flexibility index (Phi) is 8.61. The van der Waals surface area contributed by atoms with Gasteiger partial charge in [0.15, 0.2) is 6.61 Å². The third kappa shape index (κ3) is 6.87.